The average Bonchev–Trinajstić information content (AvgIpc) is 2.47. The predicted molar refractivity (Wildman–Crippen MR) is 87.6 cm³/mol. The van der Waals surface area contributed by atoms with Crippen molar-refractivity contribution in [2.24, 2.45) is 0 Å². The highest BCUT2D eigenvalue weighted by Gasteiger charge is 2.39. The molecule has 0 aromatic heterocycles. The first-order chi connectivity index (χ1) is 10.4. The van der Waals surface area contributed by atoms with Gasteiger partial charge in [0.2, 0.25) is 5.91 Å². The standard InChI is InChI=1S/C19H19NO2/c1-11-9-12(2)16(13(3)10-11)17-18(21)14-7-5-6-8-15(14)20(4)19(17)22/h5-10,17H,1-4H3. The molecule has 0 fully saturated rings. The first kappa shape index (κ1) is 14.5. The maximum Gasteiger partial charge on any atom is 0.242 e. The number of amides is 1. The number of anilines is 1. The fourth-order valence-corrected chi connectivity index (χ4v) is 3.46. The minimum absolute atomic E-state index is 0.103. The van der Waals surface area contributed by atoms with Gasteiger partial charge in [-0.2, -0.15) is 0 Å². The van der Waals surface area contributed by atoms with Crippen molar-refractivity contribution in [1.29, 1.82) is 0 Å². The SMILES string of the molecule is Cc1cc(C)c(C2C(=O)c3ccccc3N(C)C2=O)c(C)c1. The van der Waals surface area contributed by atoms with Gasteiger partial charge in [-0.1, -0.05) is 29.8 Å². The topological polar surface area (TPSA) is 37.4 Å². The highest BCUT2D eigenvalue weighted by Crippen LogP contribution is 2.37. The number of Topliss-reactive ketones (excluding diaryl/α,β-unsaturated/α-hetero) is 1. The number of nitrogens with zero attached hydrogens (tertiary/aromatic N) is 1. The zero-order valence-corrected chi connectivity index (χ0v) is 13.3. The lowest BCUT2D eigenvalue weighted by atomic mass is 9.81. The van der Waals surface area contributed by atoms with Gasteiger partial charge >= 0.3 is 0 Å². The molecule has 0 spiro atoms. The molecule has 0 saturated heterocycles. The third-order valence-corrected chi connectivity index (χ3v) is 4.40. The normalized spacial score (nSPS) is 17.6. The molecule has 2 aromatic carbocycles. The van der Waals surface area contributed by atoms with E-state index in [-0.39, 0.29) is 11.7 Å². The zero-order chi connectivity index (χ0) is 16.0. The Hall–Kier alpha value is -2.42. The number of ketones is 1. The quantitative estimate of drug-likeness (QED) is 0.754. The number of carbonyl (C=O) groups is 2. The molecule has 1 aliphatic heterocycles. The van der Waals surface area contributed by atoms with E-state index in [1.807, 2.05) is 51.1 Å². The lowest BCUT2D eigenvalue weighted by molar-refractivity contribution is -0.119. The summed E-state index contributed by atoms with van der Waals surface area (Å²) in [5, 5.41) is 0. The van der Waals surface area contributed by atoms with Crippen molar-refractivity contribution in [1.82, 2.24) is 0 Å². The second-order valence-electron chi connectivity index (χ2n) is 6.02. The predicted octanol–water partition coefficient (Wildman–Crippen LogP) is 3.55. The van der Waals surface area contributed by atoms with Crippen LogP contribution < -0.4 is 4.90 Å². The summed E-state index contributed by atoms with van der Waals surface area (Å²) in [6.07, 6.45) is 0. The fourth-order valence-electron chi connectivity index (χ4n) is 3.46. The Kier molecular flexibility index (Phi) is 3.36. The van der Waals surface area contributed by atoms with Crippen LogP contribution in [0.5, 0.6) is 0 Å². The monoisotopic (exact) mass is 293 g/mol. The van der Waals surface area contributed by atoms with Gasteiger partial charge in [0, 0.05) is 12.6 Å². The number of likely N-dealkylation sites (N-methyl/N-ethyl adjacent to an activating group) is 1. The van der Waals surface area contributed by atoms with Crippen LogP contribution in [0.2, 0.25) is 0 Å². The average molecular weight is 293 g/mol. The van der Waals surface area contributed by atoms with Gasteiger partial charge in [-0.15, -0.1) is 0 Å². The maximum atomic E-state index is 12.9. The van der Waals surface area contributed by atoms with Crippen molar-refractivity contribution in [3.8, 4) is 0 Å². The Morgan fingerprint density at radius 3 is 2.18 bits per heavy atom. The maximum absolute atomic E-state index is 12.9. The molecule has 112 valence electrons. The number of carbonyl (C=O) groups excluding carboxylic acids is 2. The summed E-state index contributed by atoms with van der Waals surface area (Å²) in [7, 11) is 1.74. The summed E-state index contributed by atoms with van der Waals surface area (Å²) in [6.45, 7) is 5.96. The molecule has 0 saturated carbocycles. The second kappa shape index (κ2) is 5.09. The van der Waals surface area contributed by atoms with Crippen LogP contribution in [0.15, 0.2) is 36.4 Å². The van der Waals surface area contributed by atoms with Gasteiger partial charge in [-0.05, 0) is 49.6 Å². The fraction of sp³-hybridized carbons (Fsp3) is 0.263. The third-order valence-electron chi connectivity index (χ3n) is 4.40. The van der Waals surface area contributed by atoms with Crippen molar-refractivity contribution in [3.63, 3.8) is 0 Å². The van der Waals surface area contributed by atoms with Crippen LogP contribution in [0, 0.1) is 20.8 Å². The van der Waals surface area contributed by atoms with Gasteiger partial charge in [0.05, 0.1) is 5.69 Å². The molecule has 1 heterocycles. The number of rotatable bonds is 1. The summed E-state index contributed by atoms with van der Waals surface area (Å²) in [6, 6.07) is 11.4. The molecule has 3 heteroatoms. The lowest BCUT2D eigenvalue weighted by Crippen LogP contribution is -2.41. The van der Waals surface area contributed by atoms with Gasteiger partial charge in [0.15, 0.2) is 5.78 Å². The van der Waals surface area contributed by atoms with E-state index in [1.165, 1.54) is 0 Å². The number of hydrogen-bond acceptors (Lipinski definition) is 2. The molecular formula is C19H19NO2. The van der Waals surface area contributed by atoms with Crippen LogP contribution in [0.4, 0.5) is 5.69 Å². The number of aryl methyl sites for hydroxylation is 3. The highest BCUT2D eigenvalue weighted by atomic mass is 16.2. The van der Waals surface area contributed by atoms with Crippen LogP contribution in [-0.4, -0.2) is 18.7 Å². The van der Waals surface area contributed by atoms with Gasteiger partial charge in [0.25, 0.3) is 0 Å². The van der Waals surface area contributed by atoms with Gasteiger partial charge in [-0.25, -0.2) is 0 Å². The van der Waals surface area contributed by atoms with E-state index in [2.05, 4.69) is 0 Å². The minimum atomic E-state index is -0.736. The Labute approximate surface area is 130 Å². The molecule has 1 amide bonds. The van der Waals surface area contributed by atoms with E-state index in [4.69, 9.17) is 0 Å². The Balaban J connectivity index is 2.21. The van der Waals surface area contributed by atoms with Crippen LogP contribution in [0.3, 0.4) is 0 Å². The van der Waals surface area contributed by atoms with E-state index in [1.54, 1.807) is 18.0 Å². The summed E-state index contributed by atoms with van der Waals surface area (Å²) in [5.41, 5.74) is 5.30. The molecule has 3 nitrogen and oxygen atoms in total. The molecular weight excluding hydrogens is 274 g/mol. The van der Waals surface area contributed by atoms with E-state index in [9.17, 15) is 9.59 Å². The summed E-state index contributed by atoms with van der Waals surface area (Å²) < 4.78 is 0. The van der Waals surface area contributed by atoms with Crippen LogP contribution in [-0.2, 0) is 4.79 Å². The van der Waals surface area contributed by atoms with Crippen molar-refractivity contribution >= 4 is 17.4 Å². The van der Waals surface area contributed by atoms with Crippen LogP contribution >= 0.6 is 0 Å². The first-order valence-electron chi connectivity index (χ1n) is 7.40. The Morgan fingerprint density at radius 2 is 1.55 bits per heavy atom. The van der Waals surface area contributed by atoms with Crippen molar-refractivity contribution in [2.75, 3.05) is 11.9 Å². The largest absolute Gasteiger partial charge is 0.314 e. The van der Waals surface area contributed by atoms with Gasteiger partial charge < -0.3 is 4.90 Å². The molecule has 1 aliphatic rings. The molecule has 0 bridgehead atoms. The van der Waals surface area contributed by atoms with Gasteiger partial charge in [-0.3, -0.25) is 9.59 Å². The summed E-state index contributed by atoms with van der Waals surface area (Å²) in [4.78, 5) is 27.3. The van der Waals surface area contributed by atoms with Crippen LogP contribution in [0.25, 0.3) is 0 Å². The number of fused-ring (bicyclic) bond motifs is 1. The van der Waals surface area contributed by atoms with E-state index >= 15 is 0 Å². The molecule has 2 aromatic rings. The second-order valence-corrected chi connectivity index (χ2v) is 6.02. The van der Waals surface area contributed by atoms with Crippen molar-refractivity contribution in [2.45, 2.75) is 26.7 Å². The van der Waals surface area contributed by atoms with Gasteiger partial charge in [0.1, 0.15) is 5.92 Å². The summed E-state index contributed by atoms with van der Waals surface area (Å²) >= 11 is 0. The Morgan fingerprint density at radius 1 is 0.955 bits per heavy atom. The van der Waals surface area contributed by atoms with Crippen molar-refractivity contribution < 1.29 is 9.59 Å². The lowest BCUT2D eigenvalue weighted by Gasteiger charge is -2.32. The minimum Gasteiger partial charge on any atom is -0.314 e. The van der Waals surface area contributed by atoms with Crippen LogP contribution in [0.1, 0.15) is 38.5 Å². The zero-order valence-electron chi connectivity index (χ0n) is 13.3. The number of benzene rings is 2. The molecule has 1 atom stereocenters. The number of hydrogen-bond donors (Lipinski definition) is 0. The molecule has 22 heavy (non-hydrogen) atoms. The van der Waals surface area contributed by atoms with Crippen molar-refractivity contribution in [3.05, 3.63) is 64.2 Å². The molecule has 1 unspecified atom stereocenters. The van der Waals surface area contributed by atoms with E-state index < -0.39 is 5.92 Å². The molecule has 0 aliphatic carbocycles. The number of para-hydroxylation sites is 1. The van der Waals surface area contributed by atoms with E-state index in [0.717, 1.165) is 22.3 Å². The smallest absolute Gasteiger partial charge is 0.242 e. The highest BCUT2D eigenvalue weighted by molar-refractivity contribution is 6.25. The molecule has 0 N–H and O–H groups in total. The first-order valence-corrected chi connectivity index (χ1v) is 7.40. The summed E-state index contributed by atoms with van der Waals surface area (Å²) in [5.74, 6) is -0.993. The molecule has 3 rings (SSSR count). The van der Waals surface area contributed by atoms with E-state index in [0.29, 0.717) is 11.3 Å². The Bertz CT molecular complexity index is 769. The molecule has 0 radical (unpaired) electrons. The third kappa shape index (κ3) is 2.05.